The van der Waals surface area contributed by atoms with E-state index in [4.69, 9.17) is 9.47 Å². The largest absolute Gasteiger partial charge is 0.493 e. The van der Waals surface area contributed by atoms with Gasteiger partial charge < -0.3 is 14.8 Å². The fourth-order valence-electron chi connectivity index (χ4n) is 4.43. The minimum Gasteiger partial charge on any atom is -0.493 e. The lowest BCUT2D eigenvalue weighted by Crippen LogP contribution is -2.19. The molecule has 1 saturated heterocycles. The van der Waals surface area contributed by atoms with E-state index in [9.17, 15) is 4.79 Å². The Bertz CT molecular complexity index is 1590. The van der Waals surface area contributed by atoms with Gasteiger partial charge in [0.25, 0.3) is 5.91 Å². The Morgan fingerprint density at radius 1 is 0.974 bits per heavy atom. The summed E-state index contributed by atoms with van der Waals surface area (Å²) in [6, 6.07) is 26.5. The Kier molecular flexibility index (Phi) is 8.13. The third-order valence-corrected chi connectivity index (χ3v) is 7.37. The first-order valence-electron chi connectivity index (χ1n) is 12.9. The molecule has 5 nitrogen and oxygen atoms in total. The van der Waals surface area contributed by atoms with Crippen LogP contribution >= 0.6 is 11.8 Å². The maximum atomic E-state index is 12.7. The number of carbonyl (C=O) groups excluding carboxylic acids is 1. The van der Waals surface area contributed by atoms with Crippen molar-refractivity contribution in [2.24, 2.45) is 4.99 Å². The van der Waals surface area contributed by atoms with Crippen LogP contribution in [0.25, 0.3) is 16.8 Å². The van der Waals surface area contributed by atoms with Crippen LogP contribution in [0.3, 0.4) is 0 Å². The molecule has 1 amide bonds. The molecule has 1 heterocycles. The molecule has 4 aromatic carbocycles. The number of nitrogens with one attached hydrogen (secondary N) is 1. The van der Waals surface area contributed by atoms with Crippen molar-refractivity contribution in [3.8, 4) is 11.5 Å². The molecule has 39 heavy (non-hydrogen) atoms. The number of nitrogens with zero attached hydrogens (tertiary/aromatic N) is 1. The van der Waals surface area contributed by atoms with Crippen molar-refractivity contribution < 1.29 is 14.3 Å². The zero-order chi connectivity index (χ0) is 27.2. The Balaban J connectivity index is 1.38. The number of aliphatic imine (C=N–C) groups is 1. The number of ether oxygens (including phenoxy) is 2. The molecule has 4 aromatic rings. The van der Waals surface area contributed by atoms with Crippen LogP contribution < -0.4 is 14.8 Å². The predicted molar refractivity (Wildman–Crippen MR) is 162 cm³/mol. The van der Waals surface area contributed by atoms with Crippen LogP contribution in [0.15, 0.2) is 101 Å². The van der Waals surface area contributed by atoms with Gasteiger partial charge in [0.2, 0.25) is 0 Å². The van der Waals surface area contributed by atoms with E-state index in [1.165, 1.54) is 28.1 Å². The molecule has 0 aromatic heterocycles. The lowest BCUT2D eigenvalue weighted by atomic mass is 10.0. The summed E-state index contributed by atoms with van der Waals surface area (Å²) in [5, 5.41) is 5.79. The van der Waals surface area contributed by atoms with Crippen LogP contribution in [0.2, 0.25) is 0 Å². The molecule has 0 aliphatic carbocycles. The molecule has 5 rings (SSSR count). The van der Waals surface area contributed by atoms with Gasteiger partial charge in [-0.15, -0.1) is 6.58 Å². The van der Waals surface area contributed by atoms with E-state index in [0.29, 0.717) is 34.6 Å². The summed E-state index contributed by atoms with van der Waals surface area (Å²) in [4.78, 5) is 17.9. The van der Waals surface area contributed by atoms with Crippen LogP contribution in [0.1, 0.15) is 29.2 Å². The minimum absolute atomic E-state index is 0.176. The van der Waals surface area contributed by atoms with E-state index < -0.39 is 0 Å². The second-order valence-electron chi connectivity index (χ2n) is 9.18. The van der Waals surface area contributed by atoms with Crippen molar-refractivity contribution in [3.05, 3.63) is 119 Å². The monoisotopic (exact) mass is 534 g/mol. The number of amides is 1. The lowest BCUT2D eigenvalue weighted by Gasteiger charge is -2.16. The van der Waals surface area contributed by atoms with Crippen molar-refractivity contribution in [1.82, 2.24) is 5.32 Å². The first kappa shape index (κ1) is 26.3. The molecule has 1 aliphatic heterocycles. The number of fused-ring (bicyclic) bond motifs is 1. The predicted octanol–water partition coefficient (Wildman–Crippen LogP) is 7.61. The number of aryl methyl sites for hydroxylation is 1. The average Bonchev–Trinajstić information content (AvgIpc) is 3.30. The summed E-state index contributed by atoms with van der Waals surface area (Å²) < 4.78 is 12.0. The van der Waals surface area contributed by atoms with Gasteiger partial charge in [0, 0.05) is 5.56 Å². The van der Waals surface area contributed by atoms with Crippen molar-refractivity contribution in [1.29, 1.82) is 0 Å². The fraction of sp³-hybridized carbons (Fsp3) is 0.152. The second-order valence-corrected chi connectivity index (χ2v) is 10.2. The highest BCUT2D eigenvalue weighted by Crippen LogP contribution is 2.36. The number of methoxy groups -OCH3 is 1. The highest BCUT2D eigenvalue weighted by atomic mass is 32.2. The number of hydrogen-bond acceptors (Lipinski definition) is 5. The third kappa shape index (κ3) is 6.24. The van der Waals surface area contributed by atoms with Crippen molar-refractivity contribution in [3.63, 3.8) is 0 Å². The first-order chi connectivity index (χ1) is 19.1. The summed E-state index contributed by atoms with van der Waals surface area (Å²) in [5.74, 6) is 1.11. The van der Waals surface area contributed by atoms with E-state index in [0.717, 1.165) is 28.8 Å². The molecule has 1 aliphatic rings. The smallest absolute Gasteiger partial charge is 0.264 e. The summed E-state index contributed by atoms with van der Waals surface area (Å²) >= 11 is 1.32. The molecule has 0 bridgehead atoms. The number of amidine groups is 1. The van der Waals surface area contributed by atoms with E-state index >= 15 is 0 Å². The molecule has 0 saturated carbocycles. The number of thioether (sulfide) groups is 1. The van der Waals surface area contributed by atoms with E-state index in [2.05, 4.69) is 66.3 Å². The summed E-state index contributed by atoms with van der Waals surface area (Å²) in [7, 11) is 1.62. The van der Waals surface area contributed by atoms with Gasteiger partial charge in [0.1, 0.15) is 6.61 Å². The molecular formula is C33H30N2O3S. The standard InChI is InChI=1S/C33H30N2O3S/c1-4-8-27-18-24(20-30-32(36)35-33(39-30)34-28-15-12-22(5-2)13-16-28)19-29(37-3)31(27)38-21-23-11-14-25-9-6-7-10-26(25)17-23/h4,6-7,9-20H,1,5,8,21H2,2-3H3,(H,34,35,36)/b30-20-. The number of hydrogen-bond donors (Lipinski definition) is 1. The summed E-state index contributed by atoms with van der Waals surface area (Å²) in [6.07, 6.45) is 5.26. The van der Waals surface area contributed by atoms with Crippen molar-refractivity contribution >= 4 is 45.4 Å². The second kappa shape index (κ2) is 12.0. The maximum Gasteiger partial charge on any atom is 0.264 e. The van der Waals surface area contributed by atoms with Gasteiger partial charge in [-0.1, -0.05) is 61.5 Å². The number of rotatable bonds is 9. The minimum atomic E-state index is -0.176. The molecule has 0 spiro atoms. The van der Waals surface area contributed by atoms with Crippen LogP contribution in [-0.2, 0) is 24.2 Å². The van der Waals surface area contributed by atoms with Crippen molar-refractivity contribution in [2.75, 3.05) is 7.11 Å². The Morgan fingerprint density at radius 2 is 1.74 bits per heavy atom. The zero-order valence-corrected chi connectivity index (χ0v) is 22.9. The molecule has 196 valence electrons. The van der Waals surface area contributed by atoms with Crippen LogP contribution in [0, 0.1) is 0 Å². The lowest BCUT2D eigenvalue weighted by molar-refractivity contribution is -0.115. The number of carbonyl (C=O) groups is 1. The Hall–Kier alpha value is -4.29. The molecule has 0 radical (unpaired) electrons. The normalized spacial score (nSPS) is 15.1. The van der Waals surface area contributed by atoms with Crippen LogP contribution in [0.5, 0.6) is 11.5 Å². The van der Waals surface area contributed by atoms with Gasteiger partial charge in [0.15, 0.2) is 16.7 Å². The van der Waals surface area contributed by atoms with Gasteiger partial charge in [0.05, 0.1) is 17.7 Å². The molecule has 1 fully saturated rings. The molecule has 0 unspecified atom stereocenters. The van der Waals surface area contributed by atoms with Crippen LogP contribution in [0.4, 0.5) is 5.69 Å². The highest BCUT2D eigenvalue weighted by molar-refractivity contribution is 8.18. The zero-order valence-electron chi connectivity index (χ0n) is 22.1. The van der Waals surface area contributed by atoms with Gasteiger partial charge in [-0.25, -0.2) is 4.99 Å². The third-order valence-electron chi connectivity index (χ3n) is 6.46. The quantitative estimate of drug-likeness (QED) is 0.177. The summed E-state index contributed by atoms with van der Waals surface area (Å²) in [6.45, 7) is 6.44. The number of benzene rings is 4. The number of allylic oxidation sites excluding steroid dienone is 1. The van der Waals surface area contributed by atoms with E-state index in [1.807, 2.05) is 48.6 Å². The summed E-state index contributed by atoms with van der Waals surface area (Å²) in [5.41, 5.74) is 4.90. The molecule has 1 N–H and O–H groups in total. The molecule has 6 heteroatoms. The van der Waals surface area contributed by atoms with Crippen LogP contribution in [-0.4, -0.2) is 18.2 Å². The fourth-order valence-corrected chi connectivity index (χ4v) is 5.27. The van der Waals surface area contributed by atoms with E-state index in [1.54, 1.807) is 7.11 Å². The van der Waals surface area contributed by atoms with Gasteiger partial charge in [-0.2, -0.15) is 0 Å². The maximum absolute atomic E-state index is 12.7. The molecule has 0 atom stereocenters. The topological polar surface area (TPSA) is 59.9 Å². The van der Waals surface area contributed by atoms with Gasteiger partial charge in [-0.3, -0.25) is 4.79 Å². The SMILES string of the molecule is C=CCc1cc(/C=C2\SC(=Nc3ccc(CC)cc3)NC2=O)cc(OC)c1OCc1ccc2ccccc2c1. The Morgan fingerprint density at radius 3 is 2.49 bits per heavy atom. The average molecular weight is 535 g/mol. The Labute approximate surface area is 233 Å². The molecular weight excluding hydrogens is 504 g/mol. The van der Waals surface area contributed by atoms with Gasteiger partial charge >= 0.3 is 0 Å². The van der Waals surface area contributed by atoms with Gasteiger partial charge in [-0.05, 0) is 88.5 Å². The first-order valence-corrected chi connectivity index (χ1v) is 13.7. The van der Waals surface area contributed by atoms with Crippen molar-refractivity contribution in [2.45, 2.75) is 26.4 Å². The highest BCUT2D eigenvalue weighted by Gasteiger charge is 2.24. The van der Waals surface area contributed by atoms with E-state index in [-0.39, 0.29) is 5.91 Å².